The third-order valence-corrected chi connectivity index (χ3v) is 2.97. The van der Waals surface area contributed by atoms with Crippen LogP contribution in [0.5, 0.6) is 0 Å². The van der Waals surface area contributed by atoms with Crippen LogP contribution >= 0.6 is 0 Å². The minimum Gasteiger partial charge on any atom is -0.340 e. The Labute approximate surface area is 102 Å². The van der Waals surface area contributed by atoms with Crippen LogP contribution in [0.4, 0.5) is 13.2 Å². The van der Waals surface area contributed by atoms with E-state index in [1.807, 2.05) is 6.07 Å². The molecule has 0 bridgehead atoms. The summed E-state index contributed by atoms with van der Waals surface area (Å²) in [7, 11) is 1.40. The summed E-state index contributed by atoms with van der Waals surface area (Å²) in [6, 6.07) is 8.62. The standard InChI is InChI=1S/C13H11F3N2/c1-18-11-7-3-2-5-9(11)10(6-4-8-17)12(18)13(14,15)16/h2-3,5,7H,4,6H2,1H3. The second-order valence-electron chi connectivity index (χ2n) is 4.06. The maximum atomic E-state index is 13.1. The van der Waals surface area contributed by atoms with Crippen molar-refractivity contribution in [3.05, 3.63) is 35.5 Å². The third-order valence-electron chi connectivity index (χ3n) is 2.97. The van der Waals surface area contributed by atoms with E-state index in [-0.39, 0.29) is 18.4 Å². The minimum atomic E-state index is -4.40. The van der Waals surface area contributed by atoms with Gasteiger partial charge in [0.05, 0.1) is 6.07 Å². The molecule has 18 heavy (non-hydrogen) atoms. The normalized spacial score (nSPS) is 11.7. The number of halogens is 3. The number of fused-ring (bicyclic) bond motifs is 1. The molecule has 0 aliphatic heterocycles. The van der Waals surface area contributed by atoms with Crippen LogP contribution in [-0.2, 0) is 19.6 Å². The quantitative estimate of drug-likeness (QED) is 0.801. The topological polar surface area (TPSA) is 28.7 Å². The van der Waals surface area contributed by atoms with Gasteiger partial charge in [0.15, 0.2) is 0 Å². The largest absolute Gasteiger partial charge is 0.431 e. The number of hydrogen-bond donors (Lipinski definition) is 0. The maximum Gasteiger partial charge on any atom is 0.431 e. The molecular weight excluding hydrogens is 241 g/mol. The van der Waals surface area contributed by atoms with Gasteiger partial charge in [0, 0.05) is 24.4 Å². The van der Waals surface area contributed by atoms with Gasteiger partial charge in [0.2, 0.25) is 0 Å². The Morgan fingerprint density at radius 1 is 1.28 bits per heavy atom. The summed E-state index contributed by atoms with van der Waals surface area (Å²) < 4.78 is 40.4. The van der Waals surface area contributed by atoms with E-state index in [0.717, 1.165) is 4.57 Å². The summed E-state index contributed by atoms with van der Waals surface area (Å²) >= 11 is 0. The number of alkyl halides is 3. The zero-order valence-electron chi connectivity index (χ0n) is 9.75. The van der Waals surface area contributed by atoms with Gasteiger partial charge in [-0.1, -0.05) is 18.2 Å². The first-order chi connectivity index (χ1) is 8.46. The highest BCUT2D eigenvalue weighted by Gasteiger charge is 2.37. The van der Waals surface area contributed by atoms with Crippen molar-refractivity contribution < 1.29 is 13.2 Å². The fourth-order valence-electron chi connectivity index (χ4n) is 2.27. The lowest BCUT2D eigenvalue weighted by atomic mass is 10.1. The lowest BCUT2D eigenvalue weighted by Gasteiger charge is -2.10. The lowest BCUT2D eigenvalue weighted by Crippen LogP contribution is -2.13. The van der Waals surface area contributed by atoms with Crippen molar-refractivity contribution in [1.29, 1.82) is 5.26 Å². The molecule has 0 atom stereocenters. The van der Waals surface area contributed by atoms with Gasteiger partial charge < -0.3 is 4.57 Å². The lowest BCUT2D eigenvalue weighted by molar-refractivity contribution is -0.143. The highest BCUT2D eigenvalue weighted by Crippen LogP contribution is 2.37. The number of aryl methyl sites for hydroxylation is 2. The zero-order valence-corrected chi connectivity index (χ0v) is 9.75. The zero-order chi connectivity index (χ0) is 13.3. The molecule has 0 amide bonds. The van der Waals surface area contributed by atoms with Crippen molar-refractivity contribution in [1.82, 2.24) is 4.57 Å². The fraction of sp³-hybridized carbons (Fsp3) is 0.308. The Morgan fingerprint density at radius 2 is 1.94 bits per heavy atom. The molecular formula is C13H11F3N2. The number of aromatic nitrogens is 1. The first-order valence-corrected chi connectivity index (χ1v) is 5.47. The van der Waals surface area contributed by atoms with Gasteiger partial charge in [-0.2, -0.15) is 18.4 Å². The summed E-state index contributed by atoms with van der Waals surface area (Å²) in [5.41, 5.74) is 0.0962. The molecule has 0 saturated heterocycles. The molecule has 0 spiro atoms. The number of rotatable bonds is 2. The summed E-state index contributed by atoms with van der Waals surface area (Å²) in [6.07, 6.45) is -4.21. The molecule has 0 fully saturated rings. The maximum absolute atomic E-state index is 13.1. The van der Waals surface area contributed by atoms with E-state index in [9.17, 15) is 13.2 Å². The predicted molar refractivity (Wildman–Crippen MR) is 61.9 cm³/mol. The highest BCUT2D eigenvalue weighted by molar-refractivity contribution is 5.85. The van der Waals surface area contributed by atoms with Gasteiger partial charge in [-0.05, 0) is 18.1 Å². The van der Waals surface area contributed by atoms with E-state index in [1.165, 1.54) is 7.05 Å². The number of hydrogen-bond acceptors (Lipinski definition) is 1. The summed E-state index contributed by atoms with van der Waals surface area (Å²) in [5, 5.41) is 9.13. The molecule has 2 nitrogen and oxygen atoms in total. The molecule has 5 heteroatoms. The SMILES string of the molecule is Cn1c(C(F)(F)F)c(CCC#N)c2ccccc21. The molecule has 1 heterocycles. The summed E-state index contributed by atoms with van der Waals surface area (Å²) in [6.45, 7) is 0. The number of nitriles is 1. The van der Waals surface area contributed by atoms with Crippen LogP contribution in [0.3, 0.4) is 0 Å². The van der Waals surface area contributed by atoms with Gasteiger partial charge in [-0.15, -0.1) is 0 Å². The third kappa shape index (κ3) is 1.94. The Bertz CT molecular complexity index is 617. The van der Waals surface area contributed by atoms with Crippen molar-refractivity contribution in [2.45, 2.75) is 19.0 Å². The van der Waals surface area contributed by atoms with E-state index in [1.54, 1.807) is 24.3 Å². The minimum absolute atomic E-state index is 0.0804. The van der Waals surface area contributed by atoms with E-state index >= 15 is 0 Å². The Hall–Kier alpha value is -1.96. The highest BCUT2D eigenvalue weighted by atomic mass is 19.4. The second-order valence-corrected chi connectivity index (χ2v) is 4.06. The Balaban J connectivity index is 2.74. The van der Waals surface area contributed by atoms with Crippen LogP contribution < -0.4 is 0 Å². The Morgan fingerprint density at radius 3 is 2.56 bits per heavy atom. The average molecular weight is 252 g/mol. The first-order valence-electron chi connectivity index (χ1n) is 5.47. The fourth-order valence-corrected chi connectivity index (χ4v) is 2.27. The molecule has 2 rings (SSSR count). The summed E-state index contributed by atoms with van der Waals surface area (Å²) in [4.78, 5) is 0. The van der Waals surface area contributed by atoms with Crippen LogP contribution in [0.2, 0.25) is 0 Å². The molecule has 0 N–H and O–H groups in total. The Kier molecular flexibility index (Phi) is 3.04. The molecule has 0 saturated carbocycles. The van der Waals surface area contributed by atoms with Crippen molar-refractivity contribution >= 4 is 10.9 Å². The van der Waals surface area contributed by atoms with Crippen molar-refractivity contribution in [2.75, 3.05) is 0 Å². The van der Waals surface area contributed by atoms with Crippen molar-refractivity contribution in [3.8, 4) is 6.07 Å². The van der Waals surface area contributed by atoms with Gasteiger partial charge in [-0.25, -0.2) is 0 Å². The van der Waals surface area contributed by atoms with Crippen LogP contribution in [0, 0.1) is 11.3 Å². The smallest absolute Gasteiger partial charge is 0.340 e. The molecule has 2 aromatic rings. The second kappa shape index (κ2) is 4.37. The predicted octanol–water partition coefficient (Wildman–Crippen LogP) is 3.65. The van der Waals surface area contributed by atoms with E-state index < -0.39 is 11.9 Å². The van der Waals surface area contributed by atoms with E-state index in [4.69, 9.17) is 5.26 Å². The summed E-state index contributed by atoms with van der Waals surface area (Å²) in [5.74, 6) is 0. The molecule has 0 aliphatic rings. The van der Waals surface area contributed by atoms with Crippen molar-refractivity contribution in [2.24, 2.45) is 7.05 Å². The monoisotopic (exact) mass is 252 g/mol. The molecule has 0 aliphatic carbocycles. The van der Waals surface area contributed by atoms with Gasteiger partial charge >= 0.3 is 6.18 Å². The first kappa shape index (κ1) is 12.5. The van der Waals surface area contributed by atoms with Crippen molar-refractivity contribution in [3.63, 3.8) is 0 Å². The molecule has 1 aromatic heterocycles. The molecule has 1 aromatic carbocycles. The van der Waals surface area contributed by atoms with E-state index in [2.05, 4.69) is 0 Å². The average Bonchev–Trinajstić information content (AvgIpc) is 2.60. The van der Waals surface area contributed by atoms with Crippen LogP contribution in [0.1, 0.15) is 17.7 Å². The van der Waals surface area contributed by atoms with Crippen LogP contribution in [0.25, 0.3) is 10.9 Å². The number of para-hydroxylation sites is 1. The van der Waals surface area contributed by atoms with Gasteiger partial charge in [-0.3, -0.25) is 0 Å². The van der Waals surface area contributed by atoms with Crippen LogP contribution in [0.15, 0.2) is 24.3 Å². The molecule has 94 valence electrons. The van der Waals surface area contributed by atoms with E-state index in [0.29, 0.717) is 10.9 Å². The van der Waals surface area contributed by atoms with Gasteiger partial charge in [0.25, 0.3) is 0 Å². The van der Waals surface area contributed by atoms with Crippen LogP contribution in [-0.4, -0.2) is 4.57 Å². The molecule has 0 unspecified atom stereocenters. The number of nitrogens with zero attached hydrogens (tertiary/aromatic N) is 2. The van der Waals surface area contributed by atoms with Gasteiger partial charge in [0.1, 0.15) is 5.69 Å². The molecule has 0 radical (unpaired) electrons. The number of benzene rings is 1.